The van der Waals surface area contributed by atoms with Gasteiger partial charge in [-0.15, -0.1) is 6.58 Å². The third-order valence-electron chi connectivity index (χ3n) is 3.23. The van der Waals surface area contributed by atoms with E-state index < -0.39 is 11.4 Å². The predicted octanol–water partition coefficient (Wildman–Crippen LogP) is 4.23. The fraction of sp³-hybridized carbons (Fsp3) is 0.353. The van der Waals surface area contributed by atoms with E-state index in [1.165, 1.54) is 0 Å². The van der Waals surface area contributed by atoms with Gasteiger partial charge in [0.05, 0.1) is 6.61 Å². The Kier molecular flexibility index (Phi) is 5.14. The van der Waals surface area contributed by atoms with Crippen molar-refractivity contribution in [3.63, 3.8) is 0 Å². The van der Waals surface area contributed by atoms with Crippen molar-refractivity contribution in [2.75, 3.05) is 6.61 Å². The SMILES string of the molecule is C=CCCc1cc2ccc(OCCCC)c(F)c2c(=O)o1. The summed E-state index contributed by atoms with van der Waals surface area (Å²) in [7, 11) is 0. The minimum Gasteiger partial charge on any atom is -0.490 e. The minimum absolute atomic E-state index is 0.0497. The van der Waals surface area contributed by atoms with Crippen molar-refractivity contribution in [1.29, 1.82) is 0 Å². The first kappa shape index (κ1) is 15.3. The Morgan fingerprint density at radius 3 is 2.95 bits per heavy atom. The average Bonchev–Trinajstić information content (AvgIpc) is 2.47. The summed E-state index contributed by atoms with van der Waals surface area (Å²) in [5.74, 6) is -0.0128. The maximum Gasteiger partial charge on any atom is 0.346 e. The lowest BCUT2D eigenvalue weighted by atomic mass is 10.1. The average molecular weight is 290 g/mol. The van der Waals surface area contributed by atoms with E-state index in [0.717, 1.165) is 12.8 Å². The van der Waals surface area contributed by atoms with Crippen LogP contribution in [0.25, 0.3) is 10.8 Å². The van der Waals surface area contributed by atoms with Gasteiger partial charge in [0.25, 0.3) is 0 Å². The highest BCUT2D eigenvalue weighted by Gasteiger charge is 2.14. The van der Waals surface area contributed by atoms with Crippen LogP contribution < -0.4 is 10.4 Å². The first-order valence-corrected chi connectivity index (χ1v) is 7.16. The quantitative estimate of drug-likeness (QED) is 0.566. The lowest BCUT2D eigenvalue weighted by molar-refractivity contribution is 0.295. The first-order valence-electron chi connectivity index (χ1n) is 7.16. The number of hydrogen-bond donors (Lipinski definition) is 0. The van der Waals surface area contributed by atoms with Gasteiger partial charge in [0.15, 0.2) is 11.6 Å². The Bertz CT molecular complexity index is 688. The van der Waals surface area contributed by atoms with Gasteiger partial charge in [-0.05, 0) is 30.4 Å². The molecule has 4 heteroatoms. The molecule has 2 aromatic rings. The Labute approximate surface area is 123 Å². The molecule has 3 nitrogen and oxygen atoms in total. The molecule has 2 rings (SSSR count). The summed E-state index contributed by atoms with van der Waals surface area (Å²) in [5.41, 5.74) is -0.662. The Morgan fingerprint density at radius 1 is 1.43 bits per heavy atom. The van der Waals surface area contributed by atoms with Crippen LogP contribution >= 0.6 is 0 Å². The lowest BCUT2D eigenvalue weighted by Crippen LogP contribution is -2.07. The van der Waals surface area contributed by atoms with E-state index in [9.17, 15) is 9.18 Å². The van der Waals surface area contributed by atoms with Crippen molar-refractivity contribution in [3.05, 3.63) is 52.9 Å². The molecule has 0 saturated heterocycles. The summed E-state index contributed by atoms with van der Waals surface area (Å²) in [4.78, 5) is 12.0. The zero-order chi connectivity index (χ0) is 15.2. The van der Waals surface area contributed by atoms with E-state index in [1.54, 1.807) is 24.3 Å². The molecule has 0 aliphatic heterocycles. The molecule has 0 fully saturated rings. The molecule has 0 amide bonds. The van der Waals surface area contributed by atoms with Gasteiger partial charge in [-0.2, -0.15) is 0 Å². The topological polar surface area (TPSA) is 39.4 Å². The fourth-order valence-corrected chi connectivity index (χ4v) is 2.08. The van der Waals surface area contributed by atoms with E-state index in [4.69, 9.17) is 9.15 Å². The smallest absolute Gasteiger partial charge is 0.346 e. The molecule has 0 atom stereocenters. The third kappa shape index (κ3) is 3.51. The molecule has 0 spiro atoms. The standard InChI is InChI=1S/C17H19FO3/c1-3-5-7-13-11-12-8-9-14(20-10-6-4-2)16(18)15(12)17(19)21-13/h3,8-9,11H,1,4-7,10H2,2H3. The van der Waals surface area contributed by atoms with Gasteiger partial charge >= 0.3 is 5.63 Å². The molecule has 0 aliphatic carbocycles. The van der Waals surface area contributed by atoms with E-state index in [0.29, 0.717) is 30.6 Å². The lowest BCUT2D eigenvalue weighted by Gasteiger charge is -2.08. The summed E-state index contributed by atoms with van der Waals surface area (Å²) in [6, 6.07) is 4.94. The molecule has 112 valence electrons. The van der Waals surface area contributed by atoms with Crippen molar-refractivity contribution in [1.82, 2.24) is 0 Å². The maximum atomic E-state index is 14.3. The number of halogens is 1. The summed E-state index contributed by atoms with van der Waals surface area (Å²) in [6.07, 6.45) is 4.83. The fourth-order valence-electron chi connectivity index (χ4n) is 2.08. The maximum absolute atomic E-state index is 14.3. The van der Waals surface area contributed by atoms with Crippen LogP contribution in [0.4, 0.5) is 4.39 Å². The number of aryl methyl sites for hydroxylation is 1. The van der Waals surface area contributed by atoms with Crippen LogP contribution in [0, 0.1) is 5.82 Å². The first-order chi connectivity index (χ1) is 10.2. The van der Waals surface area contributed by atoms with Crippen LogP contribution in [0.1, 0.15) is 31.9 Å². The second kappa shape index (κ2) is 7.07. The molecule has 1 aromatic carbocycles. The molecule has 0 radical (unpaired) electrons. The van der Waals surface area contributed by atoms with Crippen LogP contribution in [0.5, 0.6) is 5.75 Å². The second-order valence-corrected chi connectivity index (χ2v) is 4.87. The van der Waals surface area contributed by atoms with Gasteiger partial charge in [-0.1, -0.05) is 25.5 Å². The van der Waals surface area contributed by atoms with Gasteiger partial charge < -0.3 is 9.15 Å². The van der Waals surface area contributed by atoms with Crippen molar-refractivity contribution in [2.24, 2.45) is 0 Å². The number of hydrogen-bond acceptors (Lipinski definition) is 3. The second-order valence-electron chi connectivity index (χ2n) is 4.87. The van der Waals surface area contributed by atoms with Crippen LogP contribution in [0.15, 0.2) is 40.1 Å². The molecule has 1 aromatic heterocycles. The molecule has 0 N–H and O–H groups in total. The van der Waals surface area contributed by atoms with Gasteiger partial charge in [-0.3, -0.25) is 0 Å². The molecular formula is C17H19FO3. The minimum atomic E-state index is -0.662. The molecular weight excluding hydrogens is 271 g/mol. The summed E-state index contributed by atoms with van der Waals surface area (Å²) >= 11 is 0. The van der Waals surface area contributed by atoms with Crippen LogP contribution in [-0.2, 0) is 6.42 Å². The van der Waals surface area contributed by atoms with Crippen molar-refractivity contribution in [2.45, 2.75) is 32.6 Å². The Hall–Kier alpha value is -2.10. The number of benzene rings is 1. The van der Waals surface area contributed by atoms with Gasteiger partial charge in [0, 0.05) is 6.42 Å². The molecule has 0 aliphatic rings. The number of allylic oxidation sites excluding steroid dienone is 1. The third-order valence-corrected chi connectivity index (χ3v) is 3.23. The molecule has 0 saturated carbocycles. The van der Waals surface area contributed by atoms with E-state index in [-0.39, 0.29) is 11.1 Å². The zero-order valence-electron chi connectivity index (χ0n) is 12.2. The van der Waals surface area contributed by atoms with E-state index in [1.807, 2.05) is 6.92 Å². The van der Waals surface area contributed by atoms with Gasteiger partial charge in [-0.25, -0.2) is 9.18 Å². The highest BCUT2D eigenvalue weighted by Crippen LogP contribution is 2.25. The zero-order valence-corrected chi connectivity index (χ0v) is 12.2. The summed E-state index contributed by atoms with van der Waals surface area (Å²) < 4.78 is 24.9. The molecule has 21 heavy (non-hydrogen) atoms. The van der Waals surface area contributed by atoms with Crippen molar-refractivity contribution in [3.8, 4) is 5.75 Å². The highest BCUT2D eigenvalue weighted by atomic mass is 19.1. The van der Waals surface area contributed by atoms with E-state index in [2.05, 4.69) is 6.58 Å². The monoisotopic (exact) mass is 290 g/mol. The number of rotatable bonds is 7. The van der Waals surface area contributed by atoms with Crippen LogP contribution in [0.2, 0.25) is 0 Å². The predicted molar refractivity (Wildman–Crippen MR) is 81.4 cm³/mol. The summed E-state index contributed by atoms with van der Waals surface area (Å²) in [5, 5.41) is 0.483. The van der Waals surface area contributed by atoms with Crippen LogP contribution in [-0.4, -0.2) is 6.61 Å². The van der Waals surface area contributed by atoms with Crippen molar-refractivity contribution < 1.29 is 13.5 Å². The molecule has 1 heterocycles. The largest absolute Gasteiger partial charge is 0.490 e. The summed E-state index contributed by atoms with van der Waals surface area (Å²) in [6.45, 7) is 6.08. The van der Waals surface area contributed by atoms with Gasteiger partial charge in [0.1, 0.15) is 11.1 Å². The Morgan fingerprint density at radius 2 is 2.24 bits per heavy atom. The molecule has 0 bridgehead atoms. The Balaban J connectivity index is 2.38. The molecule has 0 unspecified atom stereocenters. The van der Waals surface area contributed by atoms with E-state index >= 15 is 0 Å². The number of unbranched alkanes of at least 4 members (excludes halogenated alkanes) is 1. The van der Waals surface area contributed by atoms with Crippen molar-refractivity contribution >= 4 is 10.8 Å². The van der Waals surface area contributed by atoms with Gasteiger partial charge in [0.2, 0.25) is 0 Å². The normalized spacial score (nSPS) is 10.8. The van der Waals surface area contributed by atoms with Crippen LogP contribution in [0.3, 0.4) is 0 Å². The highest BCUT2D eigenvalue weighted by molar-refractivity contribution is 5.83. The number of ether oxygens (including phenoxy) is 1. The number of fused-ring (bicyclic) bond motifs is 1.